The Morgan fingerprint density at radius 2 is 2.15 bits per heavy atom. The van der Waals surface area contributed by atoms with Crippen molar-refractivity contribution in [2.75, 3.05) is 6.61 Å². The van der Waals surface area contributed by atoms with Crippen molar-refractivity contribution in [2.45, 2.75) is 13.5 Å². The van der Waals surface area contributed by atoms with E-state index in [2.05, 4.69) is 4.99 Å². The Balaban J connectivity index is 2.02. The minimum atomic E-state index is -0.407. The van der Waals surface area contributed by atoms with Gasteiger partial charge in [0.05, 0.1) is 21.8 Å². The summed E-state index contributed by atoms with van der Waals surface area (Å²) in [6, 6.07) is 9.25. The summed E-state index contributed by atoms with van der Waals surface area (Å²) in [7, 11) is 0. The molecule has 1 amide bonds. The normalized spacial score (nSPS) is 12.2. The van der Waals surface area contributed by atoms with E-state index in [1.54, 1.807) is 23.6 Å². The van der Waals surface area contributed by atoms with Gasteiger partial charge in [0, 0.05) is 11.0 Å². The number of hydrogen-bond donors (Lipinski definition) is 0. The predicted octanol–water partition coefficient (Wildman–Crippen LogP) is 4.12. The molecule has 3 rings (SSSR count). The number of carbonyl (C=O) groups is 2. The van der Waals surface area contributed by atoms with Crippen LogP contribution in [0.25, 0.3) is 16.3 Å². The number of benzene rings is 1. The van der Waals surface area contributed by atoms with Crippen molar-refractivity contribution in [1.29, 1.82) is 0 Å². The molecule has 0 saturated heterocycles. The molecule has 0 radical (unpaired) electrons. The standard InChI is InChI=1S/C18H15ClN2O3S2/c1-2-24-16(23)11-21-17-13(19)6-3-7-14(17)26-18(21)20-15(22)9-8-12-5-4-10-25-12/h3-10H,2,11H2,1H3/b9-8+,20-18?. The van der Waals surface area contributed by atoms with Crippen LogP contribution < -0.4 is 4.80 Å². The number of esters is 1. The topological polar surface area (TPSA) is 60.7 Å². The molecule has 2 aromatic heterocycles. The van der Waals surface area contributed by atoms with Crippen molar-refractivity contribution in [3.05, 3.63) is 56.5 Å². The highest BCUT2D eigenvalue weighted by Crippen LogP contribution is 2.25. The third-order valence-corrected chi connectivity index (χ3v) is 5.57. The lowest BCUT2D eigenvalue weighted by atomic mass is 10.3. The van der Waals surface area contributed by atoms with Gasteiger partial charge in [0.1, 0.15) is 6.54 Å². The molecule has 0 N–H and O–H groups in total. The lowest BCUT2D eigenvalue weighted by Gasteiger charge is -2.05. The number of hydrogen-bond acceptors (Lipinski definition) is 5. The lowest BCUT2D eigenvalue weighted by Crippen LogP contribution is -2.23. The second-order valence-corrected chi connectivity index (χ2v) is 7.56. The summed E-state index contributed by atoms with van der Waals surface area (Å²) in [5.41, 5.74) is 0.668. The summed E-state index contributed by atoms with van der Waals surface area (Å²) in [4.78, 5) is 29.7. The van der Waals surface area contributed by atoms with E-state index in [9.17, 15) is 9.59 Å². The summed E-state index contributed by atoms with van der Waals surface area (Å²) >= 11 is 9.13. The van der Waals surface area contributed by atoms with Crippen molar-refractivity contribution in [1.82, 2.24) is 4.57 Å². The van der Waals surface area contributed by atoms with Crippen LogP contribution in [0.4, 0.5) is 0 Å². The second-order valence-electron chi connectivity index (χ2n) is 5.16. The Bertz CT molecular complexity index is 1030. The van der Waals surface area contributed by atoms with Gasteiger partial charge in [0.2, 0.25) is 0 Å². The number of aromatic nitrogens is 1. The molecule has 0 unspecified atom stereocenters. The quantitative estimate of drug-likeness (QED) is 0.473. The monoisotopic (exact) mass is 406 g/mol. The average molecular weight is 407 g/mol. The molecule has 0 bridgehead atoms. The Kier molecular flexibility index (Phi) is 6.03. The van der Waals surface area contributed by atoms with Gasteiger partial charge in [-0.3, -0.25) is 9.59 Å². The number of halogens is 1. The van der Waals surface area contributed by atoms with Crippen LogP contribution in [0.1, 0.15) is 11.8 Å². The largest absolute Gasteiger partial charge is 0.465 e. The second kappa shape index (κ2) is 8.44. The molecular formula is C18H15ClN2O3S2. The lowest BCUT2D eigenvalue weighted by molar-refractivity contribution is -0.143. The fourth-order valence-corrected chi connectivity index (χ4v) is 4.34. The van der Waals surface area contributed by atoms with Crippen LogP contribution in [-0.4, -0.2) is 23.1 Å². The molecule has 8 heteroatoms. The number of thiazole rings is 1. The van der Waals surface area contributed by atoms with Crippen LogP contribution in [0, 0.1) is 0 Å². The van der Waals surface area contributed by atoms with Gasteiger partial charge in [-0.05, 0) is 36.6 Å². The molecule has 0 aliphatic heterocycles. The fraction of sp³-hybridized carbons (Fsp3) is 0.167. The number of amides is 1. The van der Waals surface area contributed by atoms with Crippen LogP contribution >= 0.6 is 34.3 Å². The van der Waals surface area contributed by atoms with E-state index < -0.39 is 11.9 Å². The fourth-order valence-electron chi connectivity index (χ4n) is 2.33. The van der Waals surface area contributed by atoms with E-state index in [1.165, 1.54) is 28.7 Å². The molecule has 0 aliphatic rings. The molecule has 0 saturated carbocycles. The van der Waals surface area contributed by atoms with Crippen LogP contribution in [0.15, 0.2) is 46.8 Å². The van der Waals surface area contributed by atoms with Crippen molar-refractivity contribution >= 4 is 62.4 Å². The highest BCUT2D eigenvalue weighted by molar-refractivity contribution is 7.16. The van der Waals surface area contributed by atoms with Crippen LogP contribution in [0.2, 0.25) is 5.02 Å². The van der Waals surface area contributed by atoms with E-state index in [4.69, 9.17) is 16.3 Å². The SMILES string of the molecule is CCOC(=O)Cn1c(=NC(=O)/C=C/c2cccs2)sc2cccc(Cl)c21. The first kappa shape index (κ1) is 18.6. The summed E-state index contributed by atoms with van der Waals surface area (Å²) < 4.78 is 7.49. The highest BCUT2D eigenvalue weighted by Gasteiger charge is 2.14. The van der Waals surface area contributed by atoms with E-state index in [0.717, 1.165) is 9.58 Å². The molecule has 134 valence electrons. The Hall–Kier alpha value is -2.22. The molecule has 2 heterocycles. The summed E-state index contributed by atoms with van der Waals surface area (Å²) in [6.45, 7) is 1.97. The Labute approximate surface area is 162 Å². The first-order valence-corrected chi connectivity index (χ1v) is 9.89. The van der Waals surface area contributed by atoms with E-state index >= 15 is 0 Å². The number of thiophene rings is 1. The first-order valence-electron chi connectivity index (χ1n) is 7.82. The van der Waals surface area contributed by atoms with Crippen LogP contribution in [-0.2, 0) is 20.9 Å². The molecule has 0 spiro atoms. The number of carbonyl (C=O) groups excluding carboxylic acids is 2. The minimum Gasteiger partial charge on any atom is -0.465 e. The summed E-state index contributed by atoms with van der Waals surface area (Å²) in [5.74, 6) is -0.811. The van der Waals surface area contributed by atoms with Crippen LogP contribution in [0.5, 0.6) is 0 Å². The zero-order valence-corrected chi connectivity index (χ0v) is 16.2. The maximum atomic E-state index is 12.2. The molecule has 0 aliphatic carbocycles. The van der Waals surface area contributed by atoms with Gasteiger partial charge in [0.25, 0.3) is 5.91 Å². The van der Waals surface area contributed by atoms with Gasteiger partial charge in [-0.2, -0.15) is 4.99 Å². The number of fused-ring (bicyclic) bond motifs is 1. The third kappa shape index (κ3) is 4.30. The molecule has 3 aromatic rings. The van der Waals surface area contributed by atoms with Gasteiger partial charge in [-0.1, -0.05) is 35.1 Å². The number of rotatable bonds is 5. The zero-order chi connectivity index (χ0) is 18.5. The maximum absolute atomic E-state index is 12.2. The third-order valence-electron chi connectivity index (χ3n) is 3.38. The van der Waals surface area contributed by atoms with Gasteiger partial charge < -0.3 is 9.30 Å². The van der Waals surface area contributed by atoms with Crippen molar-refractivity contribution in [3.63, 3.8) is 0 Å². The van der Waals surface area contributed by atoms with E-state index in [1.807, 2.05) is 29.6 Å². The molecule has 5 nitrogen and oxygen atoms in total. The van der Waals surface area contributed by atoms with Gasteiger partial charge in [0.15, 0.2) is 4.80 Å². The van der Waals surface area contributed by atoms with Crippen molar-refractivity contribution in [3.8, 4) is 0 Å². The molecule has 0 fully saturated rings. The molecule has 0 atom stereocenters. The maximum Gasteiger partial charge on any atom is 0.326 e. The average Bonchev–Trinajstić information content (AvgIpc) is 3.22. The molecular weight excluding hydrogens is 392 g/mol. The number of nitrogens with zero attached hydrogens (tertiary/aromatic N) is 2. The predicted molar refractivity (Wildman–Crippen MR) is 105 cm³/mol. The van der Waals surface area contributed by atoms with Crippen molar-refractivity contribution < 1.29 is 14.3 Å². The first-order chi connectivity index (χ1) is 12.6. The Morgan fingerprint density at radius 3 is 2.88 bits per heavy atom. The number of para-hydroxylation sites is 1. The van der Waals surface area contributed by atoms with Gasteiger partial charge in [-0.15, -0.1) is 11.3 Å². The highest BCUT2D eigenvalue weighted by atomic mass is 35.5. The molecule has 26 heavy (non-hydrogen) atoms. The van der Waals surface area contributed by atoms with Crippen molar-refractivity contribution in [2.24, 2.45) is 4.99 Å². The Morgan fingerprint density at radius 1 is 1.31 bits per heavy atom. The van der Waals surface area contributed by atoms with Gasteiger partial charge in [-0.25, -0.2) is 0 Å². The smallest absolute Gasteiger partial charge is 0.326 e. The van der Waals surface area contributed by atoms with E-state index in [-0.39, 0.29) is 13.2 Å². The summed E-state index contributed by atoms with van der Waals surface area (Å²) in [6.07, 6.45) is 3.12. The summed E-state index contributed by atoms with van der Waals surface area (Å²) in [5, 5.41) is 2.42. The van der Waals surface area contributed by atoms with Gasteiger partial charge >= 0.3 is 5.97 Å². The number of ether oxygens (including phenoxy) is 1. The minimum absolute atomic E-state index is 0.0572. The molecule has 1 aromatic carbocycles. The van der Waals surface area contributed by atoms with Crippen LogP contribution in [0.3, 0.4) is 0 Å². The van der Waals surface area contributed by atoms with E-state index in [0.29, 0.717) is 15.3 Å². The zero-order valence-electron chi connectivity index (χ0n) is 13.8.